The van der Waals surface area contributed by atoms with Crippen LogP contribution < -0.4 is 0 Å². The highest BCUT2D eigenvalue weighted by Crippen LogP contribution is 2.39. The van der Waals surface area contributed by atoms with E-state index in [0.717, 1.165) is 30.3 Å². The van der Waals surface area contributed by atoms with Gasteiger partial charge < -0.3 is 4.90 Å². The second-order valence-corrected chi connectivity index (χ2v) is 14.1. The van der Waals surface area contributed by atoms with Gasteiger partial charge >= 0.3 is 12.4 Å². The molecule has 0 spiro atoms. The van der Waals surface area contributed by atoms with E-state index in [1.807, 2.05) is 0 Å². The SMILES string of the molecule is CC(C)(C1CCN(C(=O)CS(=O)(=O)c2cccc(C(F)(F)F)c2)CC1)S(=O)(=O)c1cccc(C(F)(F)F)c1. The van der Waals surface area contributed by atoms with Crippen molar-refractivity contribution in [1.29, 1.82) is 0 Å². The fraction of sp³-hybridized carbons (Fsp3) is 0.458. The van der Waals surface area contributed by atoms with Gasteiger partial charge in [-0.1, -0.05) is 12.1 Å². The highest BCUT2D eigenvalue weighted by atomic mass is 32.2. The average molecular weight is 586 g/mol. The summed E-state index contributed by atoms with van der Waals surface area (Å²) < 4.78 is 128. The predicted molar refractivity (Wildman–Crippen MR) is 126 cm³/mol. The molecule has 6 nitrogen and oxygen atoms in total. The molecule has 2 aromatic carbocycles. The molecule has 14 heteroatoms. The molecule has 1 amide bonds. The number of amides is 1. The number of rotatable bonds is 6. The van der Waals surface area contributed by atoms with E-state index in [1.165, 1.54) is 18.7 Å². The van der Waals surface area contributed by atoms with Crippen molar-refractivity contribution < 1.29 is 48.0 Å². The number of carbonyl (C=O) groups excluding carboxylic acids is 1. The number of carbonyl (C=O) groups is 1. The Balaban J connectivity index is 1.71. The highest BCUT2D eigenvalue weighted by Gasteiger charge is 2.45. The third-order valence-corrected chi connectivity index (χ3v) is 11.0. The molecule has 38 heavy (non-hydrogen) atoms. The maximum atomic E-state index is 13.3. The summed E-state index contributed by atoms with van der Waals surface area (Å²) in [5.41, 5.74) is -2.27. The van der Waals surface area contributed by atoms with Crippen molar-refractivity contribution in [2.45, 2.75) is 53.6 Å². The maximum absolute atomic E-state index is 13.3. The van der Waals surface area contributed by atoms with Gasteiger partial charge in [0.05, 0.1) is 25.7 Å². The number of hydrogen-bond donors (Lipinski definition) is 0. The summed E-state index contributed by atoms with van der Waals surface area (Å²) in [5, 5.41) is 0. The lowest BCUT2D eigenvalue weighted by atomic mass is 9.86. The molecular weight excluding hydrogens is 560 g/mol. The summed E-state index contributed by atoms with van der Waals surface area (Å²) in [7, 11) is -8.62. The van der Waals surface area contributed by atoms with Gasteiger partial charge in [-0.25, -0.2) is 16.8 Å². The van der Waals surface area contributed by atoms with E-state index < -0.39 is 75.3 Å². The van der Waals surface area contributed by atoms with Crippen molar-refractivity contribution in [3.05, 3.63) is 59.7 Å². The van der Waals surface area contributed by atoms with Crippen LogP contribution in [0, 0.1) is 5.92 Å². The Hall–Kier alpha value is -2.61. The van der Waals surface area contributed by atoms with Crippen LogP contribution in [0.25, 0.3) is 0 Å². The number of halogens is 6. The standard InChI is InChI=1S/C24H25F6NO5S2/c1-22(2,38(35,36)20-8-4-6-18(14-20)24(28,29)30)16-9-11-31(12-10-16)21(32)15-37(33,34)19-7-3-5-17(13-19)23(25,26)27/h3-8,13-14,16H,9-12,15H2,1-2H3. The number of benzene rings is 2. The van der Waals surface area contributed by atoms with Crippen LogP contribution in [0.1, 0.15) is 37.8 Å². The summed E-state index contributed by atoms with van der Waals surface area (Å²) in [4.78, 5) is 12.7. The molecule has 0 aromatic heterocycles. The minimum atomic E-state index is -4.77. The Morgan fingerprint density at radius 1 is 0.816 bits per heavy atom. The first-order valence-corrected chi connectivity index (χ1v) is 14.5. The van der Waals surface area contributed by atoms with Crippen LogP contribution in [0.15, 0.2) is 58.3 Å². The van der Waals surface area contributed by atoms with Gasteiger partial charge in [-0.3, -0.25) is 4.79 Å². The molecule has 0 atom stereocenters. The first-order chi connectivity index (χ1) is 17.3. The third-order valence-electron chi connectivity index (χ3n) is 6.83. The molecule has 3 rings (SSSR count). The van der Waals surface area contributed by atoms with Gasteiger partial charge in [-0.15, -0.1) is 0 Å². The van der Waals surface area contributed by atoms with Crippen LogP contribution in [0.5, 0.6) is 0 Å². The van der Waals surface area contributed by atoms with Gasteiger partial charge in [0.15, 0.2) is 19.7 Å². The molecule has 0 aliphatic carbocycles. The van der Waals surface area contributed by atoms with Crippen molar-refractivity contribution >= 4 is 25.6 Å². The summed E-state index contributed by atoms with van der Waals surface area (Å²) in [6.45, 7) is 2.73. The van der Waals surface area contributed by atoms with Crippen molar-refractivity contribution in [1.82, 2.24) is 4.90 Å². The number of piperidine rings is 1. The van der Waals surface area contributed by atoms with Crippen LogP contribution in [0.3, 0.4) is 0 Å². The molecule has 0 N–H and O–H groups in total. The van der Waals surface area contributed by atoms with E-state index in [-0.39, 0.29) is 25.9 Å². The molecule has 1 saturated heterocycles. The van der Waals surface area contributed by atoms with E-state index in [4.69, 9.17) is 0 Å². The van der Waals surface area contributed by atoms with E-state index in [2.05, 4.69) is 0 Å². The molecule has 210 valence electrons. The van der Waals surface area contributed by atoms with Crippen LogP contribution in [0.4, 0.5) is 26.3 Å². The second kappa shape index (κ2) is 10.2. The minimum Gasteiger partial charge on any atom is -0.342 e. The van der Waals surface area contributed by atoms with Crippen molar-refractivity contribution in [3.8, 4) is 0 Å². The summed E-state index contributed by atoms with van der Waals surface area (Å²) in [6.07, 6.45) is -9.24. The normalized spacial score (nSPS) is 16.5. The largest absolute Gasteiger partial charge is 0.416 e. The van der Waals surface area contributed by atoms with E-state index >= 15 is 0 Å². The quantitative estimate of drug-likeness (QED) is 0.446. The van der Waals surface area contributed by atoms with Crippen LogP contribution >= 0.6 is 0 Å². The van der Waals surface area contributed by atoms with Gasteiger partial charge in [-0.05, 0) is 69.0 Å². The predicted octanol–water partition coefficient (Wildman–Crippen LogP) is 4.99. The number of alkyl halides is 6. The Bertz CT molecular complexity index is 1410. The topological polar surface area (TPSA) is 88.6 Å². The Morgan fingerprint density at radius 3 is 1.74 bits per heavy atom. The van der Waals surface area contributed by atoms with Crippen molar-refractivity contribution in [2.75, 3.05) is 18.8 Å². The zero-order chi connectivity index (χ0) is 28.7. The second-order valence-electron chi connectivity index (χ2n) is 9.57. The molecule has 1 heterocycles. The fourth-order valence-corrected chi connectivity index (χ4v) is 7.48. The molecule has 0 saturated carbocycles. The molecule has 0 unspecified atom stereocenters. The van der Waals surface area contributed by atoms with Gasteiger partial charge in [0.25, 0.3) is 0 Å². The van der Waals surface area contributed by atoms with Gasteiger partial charge in [0.1, 0.15) is 5.75 Å². The number of likely N-dealkylation sites (tertiary alicyclic amines) is 1. The van der Waals surface area contributed by atoms with Crippen LogP contribution in [0.2, 0.25) is 0 Å². The number of sulfone groups is 2. The lowest BCUT2D eigenvalue weighted by Crippen LogP contribution is -2.48. The lowest BCUT2D eigenvalue weighted by molar-refractivity contribution is -0.138. The molecule has 1 fully saturated rings. The lowest BCUT2D eigenvalue weighted by Gasteiger charge is -2.40. The Labute approximate surface area is 216 Å². The third kappa shape index (κ3) is 6.16. The molecule has 0 radical (unpaired) electrons. The van der Waals surface area contributed by atoms with Crippen molar-refractivity contribution in [2.24, 2.45) is 5.92 Å². The smallest absolute Gasteiger partial charge is 0.342 e. The minimum absolute atomic E-state index is 0.0247. The molecular formula is C24H25F6NO5S2. The van der Waals surface area contributed by atoms with Gasteiger partial charge in [0.2, 0.25) is 5.91 Å². The summed E-state index contributed by atoms with van der Waals surface area (Å²) in [5.74, 6) is -2.48. The first-order valence-electron chi connectivity index (χ1n) is 11.4. The fourth-order valence-electron chi connectivity index (χ4n) is 4.39. The zero-order valence-electron chi connectivity index (χ0n) is 20.3. The zero-order valence-corrected chi connectivity index (χ0v) is 21.9. The molecule has 2 aromatic rings. The molecule has 1 aliphatic heterocycles. The summed E-state index contributed by atoms with van der Waals surface area (Å²) in [6, 6.07) is 6.50. The monoisotopic (exact) mass is 585 g/mol. The summed E-state index contributed by atoms with van der Waals surface area (Å²) >= 11 is 0. The highest BCUT2D eigenvalue weighted by molar-refractivity contribution is 7.93. The molecule has 0 bridgehead atoms. The van der Waals surface area contributed by atoms with Crippen LogP contribution in [-0.2, 0) is 36.8 Å². The van der Waals surface area contributed by atoms with E-state index in [1.54, 1.807) is 0 Å². The number of nitrogens with zero attached hydrogens (tertiary/aromatic N) is 1. The molecule has 1 aliphatic rings. The van der Waals surface area contributed by atoms with Gasteiger partial charge in [0, 0.05) is 13.1 Å². The van der Waals surface area contributed by atoms with E-state index in [9.17, 15) is 48.0 Å². The van der Waals surface area contributed by atoms with E-state index in [0.29, 0.717) is 18.2 Å². The van der Waals surface area contributed by atoms with Crippen LogP contribution in [-0.4, -0.2) is 51.2 Å². The average Bonchev–Trinajstić information content (AvgIpc) is 2.83. The Morgan fingerprint density at radius 2 is 1.26 bits per heavy atom. The number of hydrogen-bond acceptors (Lipinski definition) is 5. The first kappa shape index (κ1) is 29.9. The van der Waals surface area contributed by atoms with Gasteiger partial charge in [-0.2, -0.15) is 26.3 Å². The maximum Gasteiger partial charge on any atom is 0.416 e. The Kier molecular flexibility index (Phi) is 8.02. The van der Waals surface area contributed by atoms with Crippen molar-refractivity contribution in [3.63, 3.8) is 0 Å².